The van der Waals surface area contributed by atoms with E-state index in [9.17, 15) is 47.7 Å². The molecule has 5 atom stereocenters. The fourth-order valence-electron chi connectivity index (χ4n) is 12.1. The molecule has 6 N–H and O–H groups in total. The Morgan fingerprint density at radius 2 is 1.01 bits per heavy atom. The zero-order valence-corrected chi connectivity index (χ0v) is 59.2. The van der Waals surface area contributed by atoms with Crippen LogP contribution in [0.1, 0.15) is 226 Å². The highest BCUT2D eigenvalue weighted by atomic mass is 35.5. The lowest BCUT2D eigenvalue weighted by molar-refractivity contribution is -0.126. The van der Waals surface area contributed by atoms with Gasteiger partial charge in [-0.25, -0.2) is 9.13 Å². The summed E-state index contributed by atoms with van der Waals surface area (Å²) >= 11 is 12.5. The number of anilines is 1. The number of unbranched alkanes of at least 4 members (excludes halogenated alkanes) is 14. The number of Topliss-reactive ketones (excluding diaryl/α,β-unsaturated/α-hetero) is 2. The van der Waals surface area contributed by atoms with E-state index in [-0.39, 0.29) is 118 Å². The quantitative estimate of drug-likeness (QED) is 0.0177. The SMILES string of the molecule is CC(CNC(=O)CCCCOP(=O)(O)OCCCCCCCCCC(=O)CCC(=O)Nc1ccc(-c2ccccc2)c2c1CN(C)CC2)CNC(=O)CCCCOP(=O)(O)OCCCCCCCCCC(=O)CCC(=O)N[C@H]1CC[C@@H](c2ccc(Cl)c(Cl)c2)c2ccccc21. The van der Waals surface area contributed by atoms with Crippen LogP contribution in [0.15, 0.2) is 84.9 Å². The number of phosphoric ester groups is 2. The largest absolute Gasteiger partial charge is 0.472 e. The Labute approximate surface area is 573 Å². The Hall–Kier alpha value is -5.14. The lowest BCUT2D eigenvalue weighted by Gasteiger charge is -2.32. The summed E-state index contributed by atoms with van der Waals surface area (Å²) in [7, 11) is -6.34. The molecule has 2 aliphatic rings. The summed E-state index contributed by atoms with van der Waals surface area (Å²) in [6.45, 7) is 4.42. The van der Waals surface area contributed by atoms with Crippen molar-refractivity contribution in [2.75, 3.05) is 58.4 Å². The predicted molar refractivity (Wildman–Crippen MR) is 374 cm³/mol. The molecule has 1 heterocycles. The lowest BCUT2D eigenvalue weighted by atomic mass is 9.76. The number of fused-ring (bicyclic) bond motifs is 2. The van der Waals surface area contributed by atoms with Crippen LogP contribution in [0.3, 0.4) is 0 Å². The van der Waals surface area contributed by atoms with Crippen molar-refractivity contribution in [2.24, 2.45) is 5.92 Å². The van der Waals surface area contributed by atoms with Crippen LogP contribution in [0.5, 0.6) is 0 Å². The second-order valence-corrected chi connectivity index (χ2v) is 29.2. The molecule has 3 unspecified atom stereocenters. The number of nitrogens with one attached hydrogen (secondary N) is 4. The number of phosphoric acid groups is 2. The van der Waals surface area contributed by atoms with Gasteiger partial charge in [-0.3, -0.25) is 46.9 Å². The molecule has 524 valence electrons. The number of likely N-dealkylation sites (N-methyl/N-ethyl adjacent to an activating group) is 1. The van der Waals surface area contributed by atoms with E-state index < -0.39 is 15.6 Å². The minimum atomic E-state index is -4.22. The van der Waals surface area contributed by atoms with E-state index in [0.29, 0.717) is 74.5 Å². The molecule has 4 amide bonds. The third-order valence-electron chi connectivity index (χ3n) is 17.5. The third kappa shape index (κ3) is 30.7. The van der Waals surface area contributed by atoms with Crippen LogP contribution < -0.4 is 21.3 Å². The maximum absolute atomic E-state index is 12.9. The van der Waals surface area contributed by atoms with E-state index in [0.717, 1.165) is 137 Å². The number of halogens is 2. The first-order valence-electron chi connectivity index (χ1n) is 34.6. The van der Waals surface area contributed by atoms with Gasteiger partial charge in [-0.15, -0.1) is 0 Å². The number of carbonyl (C=O) groups is 6. The average Bonchev–Trinajstić information content (AvgIpc) is 0.797. The molecule has 19 nitrogen and oxygen atoms in total. The average molecular weight is 1400 g/mol. The number of amides is 4. The van der Waals surface area contributed by atoms with Gasteiger partial charge in [0.05, 0.1) is 42.5 Å². The van der Waals surface area contributed by atoms with Crippen LogP contribution in [-0.4, -0.2) is 103 Å². The van der Waals surface area contributed by atoms with E-state index in [1.165, 1.54) is 16.7 Å². The van der Waals surface area contributed by atoms with Gasteiger partial charge in [0.15, 0.2) is 0 Å². The second-order valence-electron chi connectivity index (χ2n) is 25.5. The minimum Gasteiger partial charge on any atom is -0.356 e. The molecular weight excluding hydrogens is 1290 g/mol. The summed E-state index contributed by atoms with van der Waals surface area (Å²) in [5.74, 6) is -0.330. The van der Waals surface area contributed by atoms with Crippen molar-refractivity contribution in [3.63, 3.8) is 0 Å². The van der Waals surface area contributed by atoms with E-state index in [4.69, 9.17) is 41.3 Å². The molecule has 0 fully saturated rings. The van der Waals surface area contributed by atoms with Gasteiger partial charge in [0, 0.05) is 89.2 Å². The van der Waals surface area contributed by atoms with Gasteiger partial charge >= 0.3 is 15.6 Å². The lowest BCUT2D eigenvalue weighted by Crippen LogP contribution is -2.35. The summed E-state index contributed by atoms with van der Waals surface area (Å²) in [5.41, 5.74) is 8.93. The standard InChI is InChI=1S/C72H103Cl2N5O14P2/c1-54(52-76-70(83)33-21-25-49-93-95(88,89)91-47-23-12-8-4-6-10-17-29-58(81)36-43-72(85)78-68-41-37-59(55-26-14-13-15-27-55)62-44-45-79(2)53-64(62)68)51-75-69(82)32-20-24-48-92-94(86,87)90-46-22-11-7-3-5-9-16-28-57(80)35-42-71(84)77-67-40-38-60(61-30-18-19-31-63(61)67)56-34-39-65(73)66(74)50-56/h13-15,18-19,26-27,30-31,34,37,39,41,50,54,60,67H,3-12,16-17,20-25,28-29,32-33,35-36,38,40,42-49,51-53H2,1-2H3,(H,75,82)(H,76,83)(H,77,84)(H,78,85)(H,86,87)(H,88,89)/t54?,60-,67-/m0/s1. The highest BCUT2D eigenvalue weighted by molar-refractivity contribution is 7.47. The molecule has 4 aromatic rings. The smallest absolute Gasteiger partial charge is 0.356 e. The zero-order chi connectivity index (χ0) is 68.3. The topological polar surface area (TPSA) is 265 Å². The molecule has 0 saturated heterocycles. The van der Waals surface area contributed by atoms with Crippen LogP contribution in [-0.2, 0) is 69.0 Å². The fraction of sp³-hybridized carbons (Fsp3) is 0.583. The summed E-state index contributed by atoms with van der Waals surface area (Å²) in [6.07, 6.45) is 18.3. The van der Waals surface area contributed by atoms with Crippen LogP contribution in [0.25, 0.3) is 11.1 Å². The maximum Gasteiger partial charge on any atom is 0.472 e. The predicted octanol–water partition coefficient (Wildman–Crippen LogP) is 15.8. The van der Waals surface area contributed by atoms with Gasteiger partial charge in [0.25, 0.3) is 0 Å². The Morgan fingerprint density at radius 3 is 1.56 bits per heavy atom. The summed E-state index contributed by atoms with van der Waals surface area (Å²) in [4.78, 5) is 98.3. The molecule has 23 heteroatoms. The van der Waals surface area contributed by atoms with Gasteiger partial charge in [0.1, 0.15) is 11.6 Å². The molecule has 95 heavy (non-hydrogen) atoms. The molecule has 0 spiro atoms. The van der Waals surface area contributed by atoms with Crippen molar-refractivity contribution in [3.8, 4) is 11.1 Å². The molecule has 6 rings (SSSR count). The summed E-state index contributed by atoms with van der Waals surface area (Å²) in [6, 6.07) is 28.1. The van der Waals surface area contributed by atoms with E-state index in [1.54, 1.807) is 0 Å². The van der Waals surface area contributed by atoms with Gasteiger partial charge < -0.3 is 36.0 Å². The highest BCUT2D eigenvalue weighted by Gasteiger charge is 2.30. The first-order chi connectivity index (χ1) is 45.8. The van der Waals surface area contributed by atoms with E-state index in [2.05, 4.69) is 63.5 Å². The number of hydrogen-bond acceptors (Lipinski definition) is 13. The van der Waals surface area contributed by atoms with E-state index >= 15 is 0 Å². The van der Waals surface area contributed by atoms with Gasteiger partial charge in [0.2, 0.25) is 23.6 Å². The molecule has 1 aliphatic carbocycles. The highest BCUT2D eigenvalue weighted by Crippen LogP contribution is 2.45. The minimum absolute atomic E-state index is 0.0313. The Morgan fingerprint density at radius 1 is 0.526 bits per heavy atom. The Balaban J connectivity index is 0.654. The van der Waals surface area contributed by atoms with E-state index in [1.807, 2.05) is 61.5 Å². The zero-order valence-electron chi connectivity index (χ0n) is 55.9. The van der Waals surface area contributed by atoms with Crippen LogP contribution in [0.4, 0.5) is 5.69 Å². The number of nitrogens with zero attached hydrogens (tertiary/aromatic N) is 1. The molecule has 1 aliphatic heterocycles. The van der Waals surface area contributed by atoms with Crippen molar-refractivity contribution in [2.45, 2.75) is 212 Å². The van der Waals surface area contributed by atoms with Crippen LogP contribution in [0.2, 0.25) is 10.0 Å². The van der Waals surface area contributed by atoms with Gasteiger partial charge in [-0.2, -0.15) is 0 Å². The van der Waals surface area contributed by atoms with Crippen molar-refractivity contribution >= 4 is 79.7 Å². The Kier molecular flexibility index (Phi) is 35.9. The number of hydrogen-bond donors (Lipinski definition) is 6. The van der Waals surface area contributed by atoms with Gasteiger partial charge in [-0.1, -0.05) is 161 Å². The fourth-order valence-corrected chi connectivity index (χ4v) is 14.0. The molecule has 0 radical (unpaired) electrons. The third-order valence-corrected chi connectivity index (χ3v) is 20.3. The molecular formula is C72H103Cl2N5O14P2. The number of rotatable bonds is 48. The van der Waals surface area contributed by atoms with Crippen LogP contribution >= 0.6 is 38.8 Å². The second kappa shape index (κ2) is 43.3. The number of benzene rings is 4. The van der Waals surface area contributed by atoms with Gasteiger partial charge in [-0.05, 0) is 141 Å². The van der Waals surface area contributed by atoms with Crippen molar-refractivity contribution < 1.29 is 65.8 Å². The monoisotopic (exact) mass is 1390 g/mol. The molecule has 0 saturated carbocycles. The van der Waals surface area contributed by atoms with Crippen molar-refractivity contribution in [1.82, 2.24) is 20.9 Å². The number of carbonyl (C=O) groups excluding carboxylic acids is 6. The normalized spacial score (nSPS) is 16.1. The first-order valence-corrected chi connectivity index (χ1v) is 38.3. The first kappa shape index (κ1) is 78.9. The molecule has 0 aromatic heterocycles. The number of ketones is 2. The Bertz CT molecular complexity index is 3160. The summed E-state index contributed by atoms with van der Waals surface area (Å²) < 4.78 is 45.1. The summed E-state index contributed by atoms with van der Waals surface area (Å²) in [5, 5.41) is 13.0. The van der Waals surface area contributed by atoms with Crippen molar-refractivity contribution in [3.05, 3.63) is 123 Å². The van der Waals surface area contributed by atoms with Crippen LogP contribution in [0, 0.1) is 5.92 Å². The molecule has 0 bridgehead atoms. The van der Waals surface area contributed by atoms with Crippen molar-refractivity contribution in [1.29, 1.82) is 0 Å². The maximum atomic E-state index is 12.9. The molecule has 4 aromatic carbocycles.